The molecule has 1 unspecified atom stereocenters. The van der Waals surface area contributed by atoms with E-state index in [0.29, 0.717) is 0 Å². The lowest BCUT2D eigenvalue weighted by molar-refractivity contribution is -0.130. The third kappa shape index (κ3) is 2.19. The largest absolute Gasteiger partial charge is 0.384 e. The first kappa shape index (κ1) is 9.48. The lowest BCUT2D eigenvalue weighted by Crippen LogP contribution is -2.50. The average molecular weight is 172 g/mol. The highest BCUT2D eigenvalue weighted by Gasteiger charge is 2.30. The molecule has 0 bridgehead atoms. The van der Waals surface area contributed by atoms with Gasteiger partial charge in [0.2, 0.25) is 5.91 Å². The molecule has 1 amide bonds. The molecule has 1 aliphatic rings. The number of rotatable bonds is 2. The fourth-order valence-corrected chi connectivity index (χ4v) is 1.33. The third-order valence-corrected chi connectivity index (χ3v) is 2.17. The second-order valence-electron chi connectivity index (χ2n) is 3.65. The van der Waals surface area contributed by atoms with Crippen LogP contribution in [0.3, 0.4) is 0 Å². The highest BCUT2D eigenvalue weighted by molar-refractivity contribution is 5.80. The van der Waals surface area contributed by atoms with E-state index < -0.39 is 6.10 Å². The van der Waals surface area contributed by atoms with Gasteiger partial charge in [-0.25, -0.2) is 0 Å². The smallest absolute Gasteiger partial charge is 0.249 e. The Hall–Kier alpha value is -0.610. The summed E-state index contributed by atoms with van der Waals surface area (Å²) in [5.74, 6) is -0.291. The standard InChI is InChI=1S/C8H16N2O2/c1-6(11)7(12)10-8(2)3-4-9-5-8/h6,9,11H,3-5H2,1-2H3,(H,10,12)/t6-,8?/m1/s1. The van der Waals surface area contributed by atoms with Crippen LogP contribution >= 0.6 is 0 Å². The summed E-state index contributed by atoms with van der Waals surface area (Å²) in [6.07, 6.45) is 0.00766. The summed E-state index contributed by atoms with van der Waals surface area (Å²) in [7, 11) is 0. The Morgan fingerprint density at radius 3 is 2.83 bits per heavy atom. The summed E-state index contributed by atoms with van der Waals surface area (Å²) in [4.78, 5) is 11.1. The quantitative estimate of drug-likeness (QED) is 0.513. The van der Waals surface area contributed by atoms with Gasteiger partial charge in [-0.1, -0.05) is 0 Å². The van der Waals surface area contributed by atoms with Gasteiger partial charge in [-0.2, -0.15) is 0 Å². The van der Waals surface area contributed by atoms with Gasteiger partial charge < -0.3 is 15.7 Å². The highest BCUT2D eigenvalue weighted by Crippen LogP contribution is 2.12. The Morgan fingerprint density at radius 1 is 1.75 bits per heavy atom. The number of carbonyl (C=O) groups excluding carboxylic acids is 1. The van der Waals surface area contributed by atoms with Gasteiger partial charge in [0.1, 0.15) is 6.10 Å². The topological polar surface area (TPSA) is 61.4 Å². The number of aliphatic hydroxyl groups is 1. The van der Waals surface area contributed by atoms with E-state index in [-0.39, 0.29) is 11.4 Å². The first-order valence-corrected chi connectivity index (χ1v) is 4.24. The van der Waals surface area contributed by atoms with Gasteiger partial charge in [-0.3, -0.25) is 4.79 Å². The van der Waals surface area contributed by atoms with Crippen LogP contribution in [0.25, 0.3) is 0 Å². The van der Waals surface area contributed by atoms with E-state index in [1.54, 1.807) is 0 Å². The van der Waals surface area contributed by atoms with Gasteiger partial charge in [0.15, 0.2) is 0 Å². The first-order chi connectivity index (χ1) is 5.53. The van der Waals surface area contributed by atoms with Crippen molar-refractivity contribution in [3.8, 4) is 0 Å². The molecule has 0 radical (unpaired) electrons. The minimum Gasteiger partial charge on any atom is -0.384 e. The lowest BCUT2D eigenvalue weighted by Gasteiger charge is -2.25. The van der Waals surface area contributed by atoms with Crippen LogP contribution in [0.15, 0.2) is 0 Å². The molecule has 1 saturated heterocycles. The summed E-state index contributed by atoms with van der Waals surface area (Å²) in [6, 6.07) is 0. The molecule has 12 heavy (non-hydrogen) atoms. The van der Waals surface area contributed by atoms with Crippen LogP contribution in [-0.4, -0.2) is 35.7 Å². The monoisotopic (exact) mass is 172 g/mol. The molecule has 1 rings (SSSR count). The predicted molar refractivity (Wildman–Crippen MR) is 45.7 cm³/mol. The van der Waals surface area contributed by atoms with Crippen LogP contribution in [-0.2, 0) is 4.79 Å². The first-order valence-electron chi connectivity index (χ1n) is 4.24. The van der Waals surface area contributed by atoms with Crippen LogP contribution in [0.4, 0.5) is 0 Å². The van der Waals surface area contributed by atoms with Gasteiger partial charge >= 0.3 is 0 Å². The van der Waals surface area contributed by atoms with E-state index in [1.165, 1.54) is 6.92 Å². The molecular weight excluding hydrogens is 156 g/mol. The average Bonchev–Trinajstić information content (AvgIpc) is 2.35. The molecule has 4 heteroatoms. The zero-order valence-corrected chi connectivity index (χ0v) is 7.55. The van der Waals surface area contributed by atoms with Gasteiger partial charge in [0.25, 0.3) is 0 Å². The highest BCUT2D eigenvalue weighted by atomic mass is 16.3. The Labute approximate surface area is 72.3 Å². The molecule has 0 aromatic rings. The SMILES string of the molecule is C[C@@H](O)C(=O)NC1(C)CCNC1. The van der Waals surface area contributed by atoms with Gasteiger partial charge in [-0.05, 0) is 26.8 Å². The number of aliphatic hydroxyl groups excluding tert-OH is 1. The molecule has 70 valence electrons. The number of hydrogen-bond donors (Lipinski definition) is 3. The molecule has 0 aliphatic carbocycles. The van der Waals surface area contributed by atoms with Gasteiger partial charge in [-0.15, -0.1) is 0 Å². The maximum atomic E-state index is 11.1. The van der Waals surface area contributed by atoms with Gasteiger partial charge in [0, 0.05) is 6.54 Å². The molecule has 2 atom stereocenters. The normalized spacial score (nSPS) is 31.6. The summed E-state index contributed by atoms with van der Waals surface area (Å²) >= 11 is 0. The maximum Gasteiger partial charge on any atom is 0.249 e. The van der Waals surface area contributed by atoms with E-state index in [2.05, 4.69) is 10.6 Å². The molecule has 1 heterocycles. The summed E-state index contributed by atoms with van der Waals surface area (Å²) in [5, 5.41) is 14.9. The maximum absolute atomic E-state index is 11.1. The Bertz CT molecular complexity index is 174. The predicted octanol–water partition coefficient (Wildman–Crippen LogP) is -0.765. The Balaban J connectivity index is 2.44. The zero-order valence-electron chi connectivity index (χ0n) is 7.55. The minimum absolute atomic E-state index is 0.173. The number of carbonyl (C=O) groups is 1. The van der Waals surface area contributed by atoms with Crippen LogP contribution in [0, 0.1) is 0 Å². The van der Waals surface area contributed by atoms with Crippen molar-refractivity contribution in [3.63, 3.8) is 0 Å². The van der Waals surface area contributed by atoms with Crippen LogP contribution in [0.5, 0.6) is 0 Å². The second-order valence-corrected chi connectivity index (χ2v) is 3.65. The van der Waals surface area contributed by atoms with E-state index in [0.717, 1.165) is 19.5 Å². The molecular formula is C8H16N2O2. The number of nitrogens with one attached hydrogen (secondary N) is 2. The van der Waals surface area contributed by atoms with Crippen molar-refractivity contribution in [3.05, 3.63) is 0 Å². The van der Waals surface area contributed by atoms with Crippen molar-refractivity contribution < 1.29 is 9.90 Å². The molecule has 4 nitrogen and oxygen atoms in total. The van der Waals surface area contributed by atoms with Crippen molar-refractivity contribution in [2.75, 3.05) is 13.1 Å². The zero-order chi connectivity index (χ0) is 9.19. The molecule has 3 N–H and O–H groups in total. The van der Waals surface area contributed by atoms with Crippen molar-refractivity contribution in [2.24, 2.45) is 0 Å². The lowest BCUT2D eigenvalue weighted by atomic mass is 10.0. The van der Waals surface area contributed by atoms with E-state index in [9.17, 15) is 4.79 Å². The summed E-state index contributed by atoms with van der Waals surface area (Å²) in [6.45, 7) is 5.16. The van der Waals surface area contributed by atoms with E-state index >= 15 is 0 Å². The molecule has 0 saturated carbocycles. The molecule has 0 aromatic heterocycles. The van der Waals surface area contributed by atoms with Crippen LogP contribution < -0.4 is 10.6 Å². The van der Waals surface area contributed by atoms with Crippen molar-refractivity contribution in [1.82, 2.24) is 10.6 Å². The Morgan fingerprint density at radius 2 is 2.42 bits per heavy atom. The third-order valence-electron chi connectivity index (χ3n) is 2.17. The fourth-order valence-electron chi connectivity index (χ4n) is 1.33. The summed E-state index contributed by atoms with van der Waals surface area (Å²) in [5.41, 5.74) is -0.173. The second kappa shape index (κ2) is 3.41. The fraction of sp³-hybridized carbons (Fsp3) is 0.875. The van der Waals surface area contributed by atoms with E-state index in [1.807, 2.05) is 6.92 Å². The van der Waals surface area contributed by atoms with Crippen LogP contribution in [0.1, 0.15) is 20.3 Å². The van der Waals surface area contributed by atoms with Crippen molar-refractivity contribution in [2.45, 2.75) is 31.9 Å². The molecule has 1 fully saturated rings. The van der Waals surface area contributed by atoms with Gasteiger partial charge in [0.05, 0.1) is 5.54 Å². The number of hydrogen-bond acceptors (Lipinski definition) is 3. The van der Waals surface area contributed by atoms with Crippen molar-refractivity contribution >= 4 is 5.91 Å². The minimum atomic E-state index is -0.914. The Kier molecular flexibility index (Phi) is 2.69. The van der Waals surface area contributed by atoms with Crippen LogP contribution in [0.2, 0.25) is 0 Å². The summed E-state index contributed by atoms with van der Waals surface area (Å²) < 4.78 is 0. The molecule has 1 aliphatic heterocycles. The molecule has 0 aromatic carbocycles. The van der Waals surface area contributed by atoms with E-state index in [4.69, 9.17) is 5.11 Å². The number of amides is 1. The molecule has 0 spiro atoms. The van der Waals surface area contributed by atoms with Crippen molar-refractivity contribution in [1.29, 1.82) is 0 Å².